The summed E-state index contributed by atoms with van der Waals surface area (Å²) in [6.07, 6.45) is 0. The molecule has 4 heavy (non-hydrogen) atoms. The van der Waals surface area contributed by atoms with Crippen LogP contribution in [-0.4, -0.2) is 26.0 Å². The molecular weight excluding hydrogens is 52.0 g/mol. The van der Waals surface area contributed by atoms with Crippen LogP contribution in [0, 0.1) is 0 Å². The van der Waals surface area contributed by atoms with Crippen molar-refractivity contribution in [3.63, 3.8) is 0 Å². The van der Waals surface area contributed by atoms with Crippen LogP contribution >= 0.6 is 0 Å². The van der Waals surface area contributed by atoms with Crippen molar-refractivity contribution in [2.75, 3.05) is 21.1 Å². The van der Waals surface area contributed by atoms with Crippen molar-refractivity contribution in [3.05, 3.63) is 0 Å². The minimum Gasteiger partial charge on any atom is -0.312 e. The molecule has 0 radical (unpaired) electrons. The van der Waals surface area contributed by atoms with E-state index in [1.165, 1.54) is 0 Å². The Hall–Kier alpha value is -0.0400. The first-order valence-corrected chi connectivity index (χ1v) is 1.34. The summed E-state index contributed by atoms with van der Waals surface area (Å²) in [6.45, 7) is 0. The van der Waals surface area contributed by atoms with E-state index < -0.39 is 0 Å². The summed E-state index contributed by atoms with van der Waals surface area (Å²) >= 11 is 0. The standard InChI is InChI=1S/C3H9N/c1-4(2)3/h1-3H3/i1+1,2+1. The Morgan fingerprint density at radius 3 is 1.00 bits per heavy atom. The van der Waals surface area contributed by atoms with Crippen molar-refractivity contribution in [1.29, 1.82) is 0 Å². The molecule has 1 nitrogen and oxygen atoms in total. The lowest BCUT2D eigenvalue weighted by atomic mass is 11.3. The fourth-order valence-electron chi connectivity index (χ4n) is 0. The van der Waals surface area contributed by atoms with Gasteiger partial charge in [0.25, 0.3) is 0 Å². The van der Waals surface area contributed by atoms with Gasteiger partial charge in [0.1, 0.15) is 0 Å². The van der Waals surface area contributed by atoms with Crippen molar-refractivity contribution >= 4 is 0 Å². The Morgan fingerprint density at radius 2 is 1.00 bits per heavy atom. The Bertz CT molecular complexity index is 8.00. The van der Waals surface area contributed by atoms with Crippen LogP contribution in [-0.2, 0) is 0 Å². The average Bonchev–Trinajstić information content (AvgIpc) is 0.811. The van der Waals surface area contributed by atoms with Crippen LogP contribution < -0.4 is 0 Å². The third-order valence-electron chi connectivity index (χ3n) is 0. The molecule has 0 aliphatic heterocycles. The van der Waals surface area contributed by atoms with Crippen molar-refractivity contribution in [2.24, 2.45) is 0 Å². The fraction of sp³-hybridized carbons (Fsp3) is 1.00. The topological polar surface area (TPSA) is 3.24 Å². The molecule has 0 aliphatic carbocycles. The molecule has 26 valence electrons. The molecule has 0 bridgehead atoms. The van der Waals surface area contributed by atoms with Crippen LogP contribution in [0.3, 0.4) is 0 Å². The number of nitrogens with zero attached hydrogens (tertiary/aromatic N) is 1. The van der Waals surface area contributed by atoms with E-state index in [0.29, 0.717) is 0 Å². The van der Waals surface area contributed by atoms with Crippen molar-refractivity contribution in [1.82, 2.24) is 4.90 Å². The van der Waals surface area contributed by atoms with Crippen LogP contribution in [0.2, 0.25) is 0 Å². The minimum absolute atomic E-state index is 2.00. The molecule has 0 aromatic carbocycles. The van der Waals surface area contributed by atoms with E-state index in [2.05, 4.69) is 0 Å². The molecule has 0 N–H and O–H groups in total. The van der Waals surface area contributed by atoms with Crippen LogP contribution in [0.4, 0.5) is 0 Å². The molecule has 0 aromatic rings. The van der Waals surface area contributed by atoms with Gasteiger partial charge in [-0.1, -0.05) is 0 Å². The summed E-state index contributed by atoms with van der Waals surface area (Å²) in [5, 5.41) is 0. The van der Waals surface area contributed by atoms with Crippen molar-refractivity contribution in [3.8, 4) is 0 Å². The molecule has 0 spiro atoms. The van der Waals surface area contributed by atoms with E-state index in [1.54, 1.807) is 0 Å². The summed E-state index contributed by atoms with van der Waals surface area (Å²) in [7, 11) is 6.00. The Balaban J connectivity index is 2.32. The molecular formula is C3H9N. The van der Waals surface area contributed by atoms with Gasteiger partial charge in [0.15, 0.2) is 0 Å². The SMILES string of the molecule is CN([13CH3])[13CH3]. The maximum Gasteiger partial charge on any atom is -0.0140 e. The first-order valence-electron chi connectivity index (χ1n) is 1.34. The molecule has 0 fully saturated rings. The molecule has 0 saturated carbocycles. The monoisotopic (exact) mass is 61.1 g/mol. The van der Waals surface area contributed by atoms with Gasteiger partial charge in [-0.15, -0.1) is 0 Å². The lowest BCUT2D eigenvalue weighted by Gasteiger charge is -1.90. The number of hydrogen-bond acceptors (Lipinski definition) is 1. The molecule has 0 aromatic heterocycles. The molecule has 0 rings (SSSR count). The highest BCUT2D eigenvalue weighted by molar-refractivity contribution is 4.09. The van der Waals surface area contributed by atoms with E-state index in [0.717, 1.165) is 0 Å². The maximum atomic E-state index is 2.00. The first-order chi connectivity index (χ1) is 1.73. The lowest BCUT2D eigenvalue weighted by Crippen LogP contribution is -1.99. The van der Waals surface area contributed by atoms with E-state index >= 15 is 0 Å². The van der Waals surface area contributed by atoms with Gasteiger partial charge >= 0.3 is 0 Å². The zero-order valence-electron chi connectivity index (χ0n) is 3.45. The zero-order chi connectivity index (χ0) is 3.58. The molecule has 0 amide bonds. The first kappa shape index (κ1) is 3.96. The van der Waals surface area contributed by atoms with Crippen LogP contribution in [0.25, 0.3) is 0 Å². The molecule has 0 aliphatic rings. The second kappa shape index (κ2) is 1.30. The van der Waals surface area contributed by atoms with Gasteiger partial charge in [-0.3, -0.25) is 0 Å². The van der Waals surface area contributed by atoms with Gasteiger partial charge in [0, 0.05) is 0 Å². The fourth-order valence-corrected chi connectivity index (χ4v) is 0. The number of hydrogen-bond donors (Lipinski definition) is 0. The van der Waals surface area contributed by atoms with E-state index in [4.69, 9.17) is 0 Å². The smallest absolute Gasteiger partial charge is 0.0140 e. The quantitative estimate of drug-likeness (QED) is 0.361. The Labute approximate surface area is 27.2 Å². The predicted molar refractivity (Wildman–Crippen MR) is 19.6 cm³/mol. The highest BCUT2D eigenvalue weighted by atomic mass is 15.2. The summed E-state index contributed by atoms with van der Waals surface area (Å²) in [4.78, 5) is 2.00. The largest absolute Gasteiger partial charge is 0.312 e. The molecule has 0 saturated heterocycles. The van der Waals surface area contributed by atoms with E-state index in [1.807, 2.05) is 26.0 Å². The predicted octanol–water partition coefficient (Wildman–Crippen LogP) is 0.178. The minimum atomic E-state index is 2.00. The molecule has 0 heterocycles. The number of rotatable bonds is 0. The molecule has 0 unspecified atom stereocenters. The van der Waals surface area contributed by atoms with Gasteiger partial charge in [-0.05, 0) is 21.1 Å². The highest BCUT2D eigenvalue weighted by Gasteiger charge is 1.58. The third-order valence-corrected chi connectivity index (χ3v) is 0. The Kier molecular flexibility index (Phi) is 1.28. The van der Waals surface area contributed by atoms with Gasteiger partial charge in [-0.2, -0.15) is 0 Å². The lowest BCUT2D eigenvalue weighted by molar-refractivity contribution is 0.505. The van der Waals surface area contributed by atoms with E-state index in [9.17, 15) is 0 Å². The summed E-state index contributed by atoms with van der Waals surface area (Å²) < 4.78 is 0. The normalized spacial score (nSPS) is 9.00. The summed E-state index contributed by atoms with van der Waals surface area (Å²) in [6, 6.07) is 0. The summed E-state index contributed by atoms with van der Waals surface area (Å²) in [5.41, 5.74) is 0. The van der Waals surface area contributed by atoms with Gasteiger partial charge in [0.05, 0.1) is 0 Å². The third kappa shape index (κ3) is 1130. The highest BCUT2D eigenvalue weighted by Crippen LogP contribution is 1.47. The van der Waals surface area contributed by atoms with Crippen LogP contribution in [0.15, 0.2) is 0 Å². The van der Waals surface area contributed by atoms with E-state index in [-0.39, 0.29) is 0 Å². The van der Waals surface area contributed by atoms with Crippen molar-refractivity contribution < 1.29 is 0 Å². The Morgan fingerprint density at radius 1 is 1.00 bits per heavy atom. The second-order valence-corrected chi connectivity index (χ2v) is 1.34. The average molecular weight is 61.1 g/mol. The maximum absolute atomic E-state index is 2.00. The van der Waals surface area contributed by atoms with Gasteiger partial charge in [-0.25, -0.2) is 0 Å². The molecule has 0 atom stereocenters. The second-order valence-electron chi connectivity index (χ2n) is 1.34. The zero-order valence-corrected chi connectivity index (χ0v) is 3.45. The summed E-state index contributed by atoms with van der Waals surface area (Å²) in [5.74, 6) is 0. The van der Waals surface area contributed by atoms with Crippen LogP contribution in [0.5, 0.6) is 0 Å². The van der Waals surface area contributed by atoms with Gasteiger partial charge < -0.3 is 4.90 Å². The molecule has 1 heteroatoms. The van der Waals surface area contributed by atoms with Crippen molar-refractivity contribution in [2.45, 2.75) is 0 Å². The van der Waals surface area contributed by atoms with Gasteiger partial charge in [0.2, 0.25) is 0 Å². The van der Waals surface area contributed by atoms with Crippen LogP contribution in [0.1, 0.15) is 0 Å².